The van der Waals surface area contributed by atoms with Gasteiger partial charge >= 0.3 is 0 Å². The van der Waals surface area contributed by atoms with Crippen molar-refractivity contribution in [3.63, 3.8) is 0 Å². The number of para-hydroxylation sites is 1. The molecule has 1 amide bonds. The molecule has 30 heavy (non-hydrogen) atoms. The molecule has 0 N–H and O–H groups in total. The summed E-state index contributed by atoms with van der Waals surface area (Å²) in [5.41, 5.74) is 3.17. The molecule has 1 aromatic heterocycles. The van der Waals surface area contributed by atoms with Gasteiger partial charge in [-0.3, -0.25) is 4.79 Å². The topological polar surface area (TPSA) is 64.0 Å². The van der Waals surface area contributed by atoms with E-state index in [2.05, 4.69) is 10.1 Å². The van der Waals surface area contributed by atoms with Crippen molar-refractivity contribution in [2.75, 3.05) is 14.2 Å². The third kappa shape index (κ3) is 3.59. The maximum atomic E-state index is 12.7. The SMILES string of the molecule is CCC(=O)N1N=C(c2ccccc2OC)C[C@H]1c1cc2cc(OC)ccc2nc1Cl. The molecule has 0 unspecified atom stereocenters. The van der Waals surface area contributed by atoms with Crippen LogP contribution in [0.25, 0.3) is 10.9 Å². The maximum Gasteiger partial charge on any atom is 0.242 e. The first kappa shape index (κ1) is 20.2. The summed E-state index contributed by atoms with van der Waals surface area (Å²) in [6, 6.07) is 14.9. The van der Waals surface area contributed by atoms with Gasteiger partial charge in [0.15, 0.2) is 0 Å². The smallest absolute Gasteiger partial charge is 0.242 e. The highest BCUT2D eigenvalue weighted by Gasteiger charge is 2.35. The van der Waals surface area contributed by atoms with Gasteiger partial charge < -0.3 is 9.47 Å². The molecule has 2 heterocycles. The number of hydrazone groups is 1. The van der Waals surface area contributed by atoms with Crippen molar-refractivity contribution < 1.29 is 14.3 Å². The lowest BCUT2D eigenvalue weighted by Gasteiger charge is -2.22. The van der Waals surface area contributed by atoms with E-state index in [4.69, 9.17) is 21.1 Å². The normalized spacial score (nSPS) is 15.9. The van der Waals surface area contributed by atoms with Gasteiger partial charge in [-0.25, -0.2) is 9.99 Å². The number of nitrogens with zero attached hydrogens (tertiary/aromatic N) is 3. The Morgan fingerprint density at radius 1 is 1.17 bits per heavy atom. The lowest BCUT2D eigenvalue weighted by Crippen LogP contribution is -2.26. The van der Waals surface area contributed by atoms with E-state index in [-0.39, 0.29) is 11.9 Å². The van der Waals surface area contributed by atoms with E-state index in [0.29, 0.717) is 23.7 Å². The number of methoxy groups -OCH3 is 2. The lowest BCUT2D eigenvalue weighted by atomic mass is 9.97. The Bertz CT molecular complexity index is 1150. The zero-order valence-corrected chi connectivity index (χ0v) is 17.8. The Kier molecular flexibility index (Phi) is 5.59. The molecule has 154 valence electrons. The standard InChI is InChI=1S/C23H22ClN3O3/c1-4-22(28)27-20(13-19(26-27)16-7-5-6-8-21(16)30-3)17-12-14-11-15(29-2)9-10-18(14)25-23(17)24/h5-12,20H,4,13H2,1-3H3/t20-/m0/s1. The third-order valence-corrected chi connectivity index (χ3v) is 5.55. The van der Waals surface area contributed by atoms with Crippen molar-refractivity contribution in [2.24, 2.45) is 5.10 Å². The number of hydrogen-bond acceptors (Lipinski definition) is 5. The Labute approximate surface area is 180 Å². The van der Waals surface area contributed by atoms with Crippen LogP contribution >= 0.6 is 11.6 Å². The number of halogens is 1. The number of amides is 1. The lowest BCUT2D eigenvalue weighted by molar-refractivity contribution is -0.132. The summed E-state index contributed by atoms with van der Waals surface area (Å²) in [4.78, 5) is 17.3. The van der Waals surface area contributed by atoms with Gasteiger partial charge in [-0.15, -0.1) is 0 Å². The third-order valence-electron chi connectivity index (χ3n) is 5.25. The van der Waals surface area contributed by atoms with E-state index in [1.165, 1.54) is 5.01 Å². The molecule has 1 atom stereocenters. The van der Waals surface area contributed by atoms with E-state index in [0.717, 1.165) is 33.5 Å². The fourth-order valence-electron chi connectivity index (χ4n) is 3.70. The molecule has 0 saturated heterocycles. The largest absolute Gasteiger partial charge is 0.497 e. The molecule has 1 aliphatic rings. The van der Waals surface area contributed by atoms with Gasteiger partial charge in [0.05, 0.1) is 31.5 Å². The first-order valence-corrected chi connectivity index (χ1v) is 10.1. The van der Waals surface area contributed by atoms with Gasteiger partial charge in [0.25, 0.3) is 0 Å². The number of benzene rings is 2. The maximum absolute atomic E-state index is 12.7. The molecule has 0 aliphatic carbocycles. The van der Waals surface area contributed by atoms with Crippen LogP contribution in [0.4, 0.5) is 0 Å². The van der Waals surface area contributed by atoms with Gasteiger partial charge in [0, 0.05) is 29.4 Å². The second kappa shape index (κ2) is 8.32. The molecule has 2 aromatic carbocycles. The molecule has 3 aromatic rings. The minimum atomic E-state index is -0.340. The molecule has 0 fully saturated rings. The Hall–Kier alpha value is -3.12. The van der Waals surface area contributed by atoms with Crippen molar-refractivity contribution >= 4 is 34.1 Å². The fraction of sp³-hybridized carbons (Fsp3) is 0.261. The van der Waals surface area contributed by atoms with Crippen LogP contribution in [0.5, 0.6) is 11.5 Å². The van der Waals surface area contributed by atoms with E-state index in [1.807, 2.05) is 55.5 Å². The molecule has 4 rings (SSSR count). The Morgan fingerprint density at radius 3 is 2.70 bits per heavy atom. The zero-order valence-electron chi connectivity index (χ0n) is 17.1. The summed E-state index contributed by atoms with van der Waals surface area (Å²) >= 11 is 6.57. The molecule has 1 aliphatic heterocycles. The summed E-state index contributed by atoms with van der Waals surface area (Å²) in [6.07, 6.45) is 0.856. The van der Waals surface area contributed by atoms with E-state index in [1.54, 1.807) is 14.2 Å². The molecule has 6 nitrogen and oxygen atoms in total. The van der Waals surface area contributed by atoms with Gasteiger partial charge in [-0.2, -0.15) is 5.10 Å². The molecule has 0 radical (unpaired) electrons. The summed E-state index contributed by atoms with van der Waals surface area (Å²) in [7, 11) is 3.25. The molecule has 7 heteroatoms. The van der Waals surface area contributed by atoms with E-state index in [9.17, 15) is 4.79 Å². The van der Waals surface area contributed by atoms with E-state index >= 15 is 0 Å². The number of rotatable bonds is 5. The number of ether oxygens (including phenoxy) is 2. The summed E-state index contributed by atoms with van der Waals surface area (Å²) in [6.45, 7) is 1.82. The predicted molar refractivity (Wildman–Crippen MR) is 117 cm³/mol. The average Bonchev–Trinajstić information content (AvgIpc) is 3.22. The number of pyridine rings is 1. The number of carbonyl (C=O) groups is 1. The fourth-order valence-corrected chi connectivity index (χ4v) is 3.97. The second-order valence-corrected chi connectivity index (χ2v) is 7.34. The van der Waals surface area contributed by atoms with Crippen LogP contribution in [0.2, 0.25) is 5.15 Å². The minimum Gasteiger partial charge on any atom is -0.497 e. The van der Waals surface area contributed by atoms with Crippen molar-refractivity contribution in [1.82, 2.24) is 9.99 Å². The van der Waals surface area contributed by atoms with Crippen LogP contribution in [-0.4, -0.2) is 35.8 Å². The average molecular weight is 424 g/mol. The van der Waals surface area contributed by atoms with Gasteiger partial charge in [0.1, 0.15) is 16.7 Å². The molecule has 0 bridgehead atoms. The molecule has 0 saturated carbocycles. The zero-order chi connectivity index (χ0) is 21.3. The number of hydrogen-bond donors (Lipinski definition) is 0. The minimum absolute atomic E-state index is 0.0771. The number of carbonyl (C=O) groups excluding carboxylic acids is 1. The van der Waals surface area contributed by atoms with Crippen LogP contribution in [-0.2, 0) is 4.79 Å². The Morgan fingerprint density at radius 2 is 1.97 bits per heavy atom. The van der Waals surface area contributed by atoms with Crippen LogP contribution in [0.1, 0.15) is 36.9 Å². The van der Waals surface area contributed by atoms with Crippen molar-refractivity contribution in [2.45, 2.75) is 25.8 Å². The van der Waals surface area contributed by atoms with Crippen LogP contribution in [0.15, 0.2) is 53.6 Å². The van der Waals surface area contributed by atoms with E-state index < -0.39 is 0 Å². The van der Waals surface area contributed by atoms with Gasteiger partial charge in [0.2, 0.25) is 5.91 Å². The highest BCUT2D eigenvalue weighted by Crippen LogP contribution is 2.39. The number of aromatic nitrogens is 1. The van der Waals surface area contributed by atoms with Crippen molar-refractivity contribution in [3.05, 3.63) is 64.8 Å². The van der Waals surface area contributed by atoms with Crippen LogP contribution in [0.3, 0.4) is 0 Å². The van der Waals surface area contributed by atoms with Gasteiger partial charge in [-0.1, -0.05) is 30.7 Å². The highest BCUT2D eigenvalue weighted by molar-refractivity contribution is 6.30. The monoisotopic (exact) mass is 423 g/mol. The van der Waals surface area contributed by atoms with Crippen molar-refractivity contribution in [1.29, 1.82) is 0 Å². The quantitative estimate of drug-likeness (QED) is 0.542. The van der Waals surface area contributed by atoms with Crippen LogP contribution in [0, 0.1) is 0 Å². The summed E-state index contributed by atoms with van der Waals surface area (Å²) < 4.78 is 10.8. The highest BCUT2D eigenvalue weighted by atomic mass is 35.5. The number of fused-ring (bicyclic) bond motifs is 1. The molecule has 0 spiro atoms. The van der Waals surface area contributed by atoms with Crippen LogP contribution < -0.4 is 9.47 Å². The predicted octanol–water partition coefficient (Wildman–Crippen LogP) is 4.99. The van der Waals surface area contributed by atoms with Gasteiger partial charge in [-0.05, 0) is 36.4 Å². The Balaban J connectivity index is 1.79. The second-order valence-electron chi connectivity index (χ2n) is 6.99. The van der Waals surface area contributed by atoms with Crippen molar-refractivity contribution in [3.8, 4) is 11.5 Å². The first-order chi connectivity index (χ1) is 14.5. The summed E-state index contributed by atoms with van der Waals surface area (Å²) in [5, 5.41) is 7.44. The summed E-state index contributed by atoms with van der Waals surface area (Å²) in [5.74, 6) is 1.37. The molecular weight excluding hydrogens is 402 g/mol. The molecular formula is C23H22ClN3O3. The first-order valence-electron chi connectivity index (χ1n) is 9.72.